The lowest BCUT2D eigenvalue weighted by atomic mass is 10.2. The van der Waals surface area contributed by atoms with Gasteiger partial charge in [0.05, 0.1) is 16.9 Å². The molecule has 0 bridgehead atoms. The van der Waals surface area contributed by atoms with Gasteiger partial charge in [0.2, 0.25) is 0 Å². The van der Waals surface area contributed by atoms with Crippen LogP contribution in [0.3, 0.4) is 0 Å². The van der Waals surface area contributed by atoms with Crippen LogP contribution in [0.15, 0.2) is 36.7 Å². The summed E-state index contributed by atoms with van der Waals surface area (Å²) in [4.78, 5) is 24.0. The number of hydrogen-bond donors (Lipinski definition) is 3. The van der Waals surface area contributed by atoms with Crippen LogP contribution in [0.2, 0.25) is 0 Å². The Morgan fingerprint density at radius 2 is 2.21 bits per heavy atom. The van der Waals surface area contributed by atoms with Gasteiger partial charge in [0.15, 0.2) is 0 Å². The lowest BCUT2D eigenvalue weighted by Gasteiger charge is -2.25. The fourth-order valence-corrected chi connectivity index (χ4v) is 3.74. The third-order valence-corrected chi connectivity index (χ3v) is 5.52. The Kier molecular flexibility index (Phi) is 5.67. The number of aromatic nitrogens is 2. The van der Waals surface area contributed by atoms with Crippen LogP contribution in [0, 0.1) is 9.39 Å². The van der Waals surface area contributed by atoms with Gasteiger partial charge < -0.3 is 15.0 Å². The molecule has 0 fully saturated rings. The zero-order valence-electron chi connectivity index (χ0n) is 15.5. The first kappa shape index (κ1) is 20.0. The predicted molar refractivity (Wildman–Crippen MR) is 114 cm³/mol. The molecule has 3 N–H and O–H groups in total. The lowest BCUT2D eigenvalue weighted by Crippen LogP contribution is -2.41. The number of halogens is 2. The molecule has 1 unspecified atom stereocenters. The van der Waals surface area contributed by atoms with E-state index in [1.54, 1.807) is 42.5 Å². The minimum Gasteiger partial charge on any atom is -0.376 e. The van der Waals surface area contributed by atoms with Crippen LogP contribution in [-0.4, -0.2) is 51.9 Å². The third kappa shape index (κ3) is 3.92. The van der Waals surface area contributed by atoms with Crippen molar-refractivity contribution >= 4 is 50.8 Å². The van der Waals surface area contributed by atoms with E-state index in [9.17, 15) is 14.3 Å². The SMILES string of the molecule is CN1CCn2c(c(Nc3ccc(I)cc3F)c3cnccc32)C(=O)NOCC1O. The molecule has 3 heterocycles. The molecule has 152 valence electrons. The Labute approximate surface area is 179 Å². The number of carbonyl (C=O) groups is 1. The summed E-state index contributed by atoms with van der Waals surface area (Å²) in [6, 6.07) is 6.62. The van der Waals surface area contributed by atoms with Crippen molar-refractivity contribution in [2.24, 2.45) is 0 Å². The molecule has 4 rings (SSSR count). The third-order valence-electron chi connectivity index (χ3n) is 4.85. The van der Waals surface area contributed by atoms with Gasteiger partial charge >= 0.3 is 0 Å². The van der Waals surface area contributed by atoms with Gasteiger partial charge in [-0.1, -0.05) is 0 Å². The van der Waals surface area contributed by atoms with Crippen LogP contribution in [-0.2, 0) is 11.4 Å². The summed E-state index contributed by atoms with van der Waals surface area (Å²) in [6.45, 7) is 0.848. The molecule has 10 heteroatoms. The normalized spacial score (nSPS) is 18.3. The van der Waals surface area contributed by atoms with Gasteiger partial charge in [-0.25, -0.2) is 9.87 Å². The van der Waals surface area contributed by atoms with E-state index in [2.05, 4.69) is 15.8 Å². The molecule has 2 aromatic heterocycles. The molecule has 0 saturated carbocycles. The molecule has 29 heavy (non-hydrogen) atoms. The highest BCUT2D eigenvalue weighted by molar-refractivity contribution is 14.1. The Balaban J connectivity index is 1.86. The molecule has 0 saturated heterocycles. The number of likely N-dealkylation sites (N-methyl/N-ethyl adjacent to an activating group) is 1. The number of aliphatic hydroxyl groups is 1. The lowest BCUT2D eigenvalue weighted by molar-refractivity contribution is -0.0725. The first-order valence-corrected chi connectivity index (χ1v) is 10.0. The van der Waals surface area contributed by atoms with Gasteiger partial charge in [-0.15, -0.1) is 0 Å². The number of aliphatic hydroxyl groups excluding tert-OH is 1. The molecule has 1 atom stereocenters. The van der Waals surface area contributed by atoms with Crippen molar-refractivity contribution in [2.45, 2.75) is 12.8 Å². The summed E-state index contributed by atoms with van der Waals surface area (Å²) in [5.41, 5.74) is 4.13. The Bertz CT molecular complexity index is 1070. The van der Waals surface area contributed by atoms with E-state index in [4.69, 9.17) is 4.84 Å². The van der Waals surface area contributed by atoms with E-state index in [1.165, 1.54) is 6.07 Å². The molecule has 1 aromatic carbocycles. The Morgan fingerprint density at radius 3 is 3.00 bits per heavy atom. The summed E-state index contributed by atoms with van der Waals surface area (Å²) in [5, 5.41) is 13.8. The largest absolute Gasteiger partial charge is 0.376 e. The summed E-state index contributed by atoms with van der Waals surface area (Å²) >= 11 is 2.04. The van der Waals surface area contributed by atoms with Crippen molar-refractivity contribution in [1.82, 2.24) is 19.9 Å². The van der Waals surface area contributed by atoms with Crippen LogP contribution in [0.1, 0.15) is 10.5 Å². The molecule has 8 nitrogen and oxygen atoms in total. The highest BCUT2D eigenvalue weighted by atomic mass is 127. The van der Waals surface area contributed by atoms with Crippen LogP contribution in [0.4, 0.5) is 15.8 Å². The number of nitrogens with zero attached hydrogens (tertiary/aromatic N) is 3. The quantitative estimate of drug-likeness (QED) is 0.458. The number of anilines is 2. The molecule has 3 aromatic rings. The second-order valence-corrected chi connectivity index (χ2v) is 7.97. The van der Waals surface area contributed by atoms with Gasteiger partial charge in [-0.05, 0) is 53.9 Å². The standard InChI is InChI=1S/C19H19FIN5O3/c1-25-6-7-26-15-4-5-22-9-12(15)17(18(26)19(28)24-29-10-16(25)27)23-14-3-2-11(21)8-13(14)20/h2-5,8-9,16,23,27H,6-7,10H2,1H3,(H,24,28). The Morgan fingerprint density at radius 1 is 1.38 bits per heavy atom. The zero-order valence-corrected chi connectivity index (χ0v) is 17.7. The van der Waals surface area contributed by atoms with E-state index in [0.29, 0.717) is 29.9 Å². The van der Waals surface area contributed by atoms with Gasteiger partial charge in [0, 0.05) is 34.4 Å². The van der Waals surface area contributed by atoms with Crippen molar-refractivity contribution in [3.8, 4) is 0 Å². The van der Waals surface area contributed by atoms with Crippen molar-refractivity contribution in [2.75, 3.05) is 25.5 Å². The van der Waals surface area contributed by atoms with E-state index < -0.39 is 18.0 Å². The number of benzene rings is 1. The van der Waals surface area contributed by atoms with Gasteiger partial charge in [0.1, 0.15) is 24.3 Å². The molecule has 1 amide bonds. The maximum absolute atomic E-state index is 14.5. The predicted octanol–water partition coefficient (Wildman–Crippen LogP) is 2.45. The second kappa shape index (κ2) is 8.22. The smallest absolute Gasteiger partial charge is 0.293 e. The molecule has 1 aliphatic rings. The zero-order chi connectivity index (χ0) is 20.5. The molecule has 0 radical (unpaired) electrons. The average molecular weight is 511 g/mol. The van der Waals surface area contributed by atoms with Crippen LogP contribution in [0.25, 0.3) is 10.9 Å². The number of hydroxylamine groups is 1. The Hall–Kier alpha value is -2.28. The van der Waals surface area contributed by atoms with E-state index in [0.717, 1.165) is 9.09 Å². The summed E-state index contributed by atoms with van der Waals surface area (Å²) < 4.78 is 17.1. The van der Waals surface area contributed by atoms with Crippen LogP contribution < -0.4 is 10.8 Å². The maximum Gasteiger partial charge on any atom is 0.293 e. The number of carbonyl (C=O) groups excluding carboxylic acids is 1. The highest BCUT2D eigenvalue weighted by Crippen LogP contribution is 2.34. The van der Waals surface area contributed by atoms with Crippen molar-refractivity contribution in [1.29, 1.82) is 0 Å². The first-order chi connectivity index (χ1) is 14.0. The fourth-order valence-electron chi connectivity index (χ4n) is 3.28. The number of nitrogens with one attached hydrogen (secondary N) is 2. The summed E-state index contributed by atoms with van der Waals surface area (Å²) in [5.74, 6) is -0.917. The van der Waals surface area contributed by atoms with Gasteiger partial charge in [-0.2, -0.15) is 0 Å². The molecule has 0 spiro atoms. The van der Waals surface area contributed by atoms with Crippen LogP contribution >= 0.6 is 22.6 Å². The molecule has 0 aliphatic carbocycles. The van der Waals surface area contributed by atoms with Crippen molar-refractivity contribution in [3.05, 3.63) is 51.7 Å². The molecule has 1 aliphatic heterocycles. The molecular weight excluding hydrogens is 492 g/mol. The first-order valence-electron chi connectivity index (χ1n) is 8.94. The minimum absolute atomic E-state index is 0.0709. The number of amides is 1. The summed E-state index contributed by atoms with van der Waals surface area (Å²) in [7, 11) is 1.77. The number of rotatable bonds is 2. The van der Waals surface area contributed by atoms with Crippen molar-refractivity contribution in [3.63, 3.8) is 0 Å². The number of fused-ring (bicyclic) bond motifs is 3. The average Bonchev–Trinajstić information content (AvgIpc) is 3.01. The highest BCUT2D eigenvalue weighted by Gasteiger charge is 2.26. The van der Waals surface area contributed by atoms with Crippen molar-refractivity contribution < 1.29 is 19.1 Å². The number of pyridine rings is 1. The van der Waals surface area contributed by atoms with E-state index in [-0.39, 0.29) is 12.3 Å². The summed E-state index contributed by atoms with van der Waals surface area (Å²) in [6.07, 6.45) is 2.42. The number of hydrogen-bond acceptors (Lipinski definition) is 6. The maximum atomic E-state index is 14.5. The molecular formula is C19H19FIN5O3. The van der Waals surface area contributed by atoms with Crippen LogP contribution in [0.5, 0.6) is 0 Å². The topological polar surface area (TPSA) is 91.7 Å². The van der Waals surface area contributed by atoms with Gasteiger partial charge in [-0.3, -0.25) is 19.5 Å². The minimum atomic E-state index is -0.848. The fraction of sp³-hybridized carbons (Fsp3) is 0.263. The second-order valence-electron chi connectivity index (χ2n) is 6.72. The van der Waals surface area contributed by atoms with E-state index >= 15 is 0 Å². The van der Waals surface area contributed by atoms with Gasteiger partial charge in [0.25, 0.3) is 5.91 Å². The van der Waals surface area contributed by atoms with E-state index in [1.807, 2.05) is 27.2 Å². The monoisotopic (exact) mass is 511 g/mol.